The van der Waals surface area contributed by atoms with E-state index in [0.29, 0.717) is 16.9 Å². The largest absolute Gasteiger partial charge is 0.367 e. The minimum atomic E-state index is -3.07. The molecule has 0 amide bonds. The van der Waals surface area contributed by atoms with E-state index in [4.69, 9.17) is 10.3 Å². The second-order valence-corrected chi connectivity index (χ2v) is 6.07. The van der Waals surface area contributed by atoms with Crippen LogP contribution >= 0.6 is 0 Å². The summed E-state index contributed by atoms with van der Waals surface area (Å²) in [5.41, 5.74) is 7.98. The fourth-order valence-electron chi connectivity index (χ4n) is 2.07. The molecule has 5 nitrogen and oxygen atoms in total. The highest BCUT2D eigenvalue weighted by atomic mass is 32.2. The molecule has 0 fully saturated rings. The van der Waals surface area contributed by atoms with Crippen LogP contribution in [-0.2, 0) is 16.3 Å². The minimum absolute atomic E-state index is 0.185. The summed E-state index contributed by atoms with van der Waals surface area (Å²) < 4.78 is 28.1. The van der Waals surface area contributed by atoms with Gasteiger partial charge in [0, 0.05) is 0 Å². The molecule has 6 heteroatoms. The summed E-state index contributed by atoms with van der Waals surface area (Å²) in [7, 11) is -3.07. The summed E-state index contributed by atoms with van der Waals surface area (Å²) in [6.07, 6.45) is 2.08. The second kappa shape index (κ2) is 3.33. The number of aryl methyl sites for hydroxylation is 1. The lowest BCUT2D eigenvalue weighted by Gasteiger charge is -2.02. The van der Waals surface area contributed by atoms with Gasteiger partial charge in [-0.15, -0.1) is 0 Å². The van der Waals surface area contributed by atoms with Crippen LogP contribution in [0.2, 0.25) is 0 Å². The SMILES string of the molecule is Nc1oncc1-c1ccc2c(c1)CCS2(=O)=O. The molecule has 2 N–H and O–H groups in total. The zero-order valence-corrected chi connectivity index (χ0v) is 9.70. The smallest absolute Gasteiger partial charge is 0.229 e. The highest BCUT2D eigenvalue weighted by Crippen LogP contribution is 2.32. The summed E-state index contributed by atoms with van der Waals surface area (Å²) in [6, 6.07) is 5.19. The maximum atomic E-state index is 11.7. The van der Waals surface area contributed by atoms with E-state index in [9.17, 15) is 8.42 Å². The normalized spacial score (nSPS) is 16.9. The van der Waals surface area contributed by atoms with Gasteiger partial charge in [-0.3, -0.25) is 0 Å². The van der Waals surface area contributed by atoms with Gasteiger partial charge in [-0.05, 0) is 29.7 Å². The molecule has 0 bridgehead atoms. The van der Waals surface area contributed by atoms with Crippen molar-refractivity contribution in [2.24, 2.45) is 0 Å². The molecular weight excluding hydrogens is 240 g/mol. The lowest BCUT2D eigenvalue weighted by Crippen LogP contribution is -1.98. The third-order valence-electron chi connectivity index (χ3n) is 2.94. The van der Waals surface area contributed by atoms with E-state index in [1.165, 1.54) is 6.20 Å². The molecule has 3 rings (SSSR count). The number of anilines is 1. The highest BCUT2D eigenvalue weighted by Gasteiger charge is 2.26. The van der Waals surface area contributed by atoms with Crippen LogP contribution < -0.4 is 5.73 Å². The van der Waals surface area contributed by atoms with Crippen molar-refractivity contribution in [3.63, 3.8) is 0 Å². The summed E-state index contributed by atoms with van der Waals surface area (Å²) in [5.74, 6) is 0.427. The first kappa shape index (κ1) is 10.3. The highest BCUT2D eigenvalue weighted by molar-refractivity contribution is 7.91. The van der Waals surface area contributed by atoms with Gasteiger partial charge in [0.25, 0.3) is 0 Å². The number of nitrogen functional groups attached to an aromatic ring is 1. The number of aromatic nitrogens is 1. The average molecular weight is 250 g/mol. The minimum Gasteiger partial charge on any atom is -0.367 e. The Labute approximate surface area is 98.1 Å². The first-order chi connectivity index (χ1) is 8.08. The van der Waals surface area contributed by atoms with E-state index >= 15 is 0 Å². The lowest BCUT2D eigenvalue weighted by molar-refractivity contribution is 0.436. The number of fused-ring (bicyclic) bond motifs is 1. The van der Waals surface area contributed by atoms with Crippen LogP contribution in [0.5, 0.6) is 0 Å². The second-order valence-electron chi connectivity index (χ2n) is 4.00. The predicted molar refractivity (Wildman–Crippen MR) is 62.1 cm³/mol. The maximum absolute atomic E-state index is 11.7. The number of nitrogens with zero attached hydrogens (tertiary/aromatic N) is 1. The van der Waals surface area contributed by atoms with Crippen molar-refractivity contribution in [2.75, 3.05) is 11.5 Å². The summed E-state index contributed by atoms with van der Waals surface area (Å²) >= 11 is 0. The van der Waals surface area contributed by atoms with Crippen LogP contribution in [0.25, 0.3) is 11.1 Å². The molecule has 0 spiro atoms. The van der Waals surface area contributed by atoms with E-state index in [-0.39, 0.29) is 11.6 Å². The molecule has 0 aliphatic carbocycles. The van der Waals surface area contributed by atoms with Crippen molar-refractivity contribution >= 4 is 15.7 Å². The molecule has 1 aliphatic rings. The summed E-state index contributed by atoms with van der Waals surface area (Å²) in [5, 5.41) is 3.60. The Balaban J connectivity index is 2.16. The van der Waals surface area contributed by atoms with Crippen LogP contribution in [0.15, 0.2) is 33.8 Å². The molecule has 1 aromatic heterocycles. The zero-order valence-electron chi connectivity index (χ0n) is 8.88. The lowest BCUT2D eigenvalue weighted by atomic mass is 10.0. The zero-order chi connectivity index (χ0) is 12.0. The van der Waals surface area contributed by atoms with Crippen LogP contribution in [0.1, 0.15) is 5.56 Å². The molecular formula is C11H10N2O3S. The van der Waals surface area contributed by atoms with E-state index in [1.54, 1.807) is 12.1 Å². The van der Waals surface area contributed by atoms with Crippen molar-refractivity contribution in [2.45, 2.75) is 11.3 Å². The van der Waals surface area contributed by atoms with Gasteiger partial charge in [0.1, 0.15) is 0 Å². The quantitative estimate of drug-likeness (QED) is 0.823. The molecule has 17 heavy (non-hydrogen) atoms. The van der Waals surface area contributed by atoms with Crippen LogP contribution in [0.4, 0.5) is 5.88 Å². The Bertz CT molecular complexity index is 688. The molecule has 88 valence electrons. The number of nitrogens with two attached hydrogens (primary N) is 1. The standard InChI is InChI=1S/C11H10N2O3S/c12-11-9(6-13-16-11)7-1-2-10-8(5-7)3-4-17(10,14)15/h1-2,5-6H,3-4,12H2. The van der Waals surface area contributed by atoms with Crippen molar-refractivity contribution < 1.29 is 12.9 Å². The van der Waals surface area contributed by atoms with Crippen LogP contribution in [0.3, 0.4) is 0 Å². The summed E-state index contributed by atoms with van der Waals surface area (Å²) in [4.78, 5) is 0.427. The summed E-state index contributed by atoms with van der Waals surface area (Å²) in [6.45, 7) is 0. The van der Waals surface area contributed by atoms with Crippen molar-refractivity contribution in [1.82, 2.24) is 5.16 Å². The molecule has 2 aromatic rings. The third-order valence-corrected chi connectivity index (χ3v) is 4.75. The fraction of sp³-hybridized carbons (Fsp3) is 0.182. The van der Waals surface area contributed by atoms with Gasteiger partial charge in [0.05, 0.1) is 22.4 Å². The molecule has 1 aromatic carbocycles. The average Bonchev–Trinajstić information content (AvgIpc) is 2.83. The Morgan fingerprint density at radius 2 is 2.18 bits per heavy atom. The number of sulfone groups is 1. The van der Waals surface area contributed by atoms with Crippen molar-refractivity contribution in [1.29, 1.82) is 0 Å². The Morgan fingerprint density at radius 1 is 1.35 bits per heavy atom. The molecule has 0 saturated carbocycles. The first-order valence-corrected chi connectivity index (χ1v) is 6.79. The molecule has 0 unspecified atom stereocenters. The number of hydrogen-bond acceptors (Lipinski definition) is 5. The van der Waals surface area contributed by atoms with Crippen molar-refractivity contribution in [3.8, 4) is 11.1 Å². The van der Waals surface area contributed by atoms with Gasteiger partial charge in [-0.25, -0.2) is 8.42 Å². The molecule has 0 saturated heterocycles. The molecule has 1 aliphatic heterocycles. The van der Waals surface area contributed by atoms with Gasteiger partial charge in [-0.1, -0.05) is 11.2 Å². The first-order valence-electron chi connectivity index (χ1n) is 5.14. The molecule has 0 radical (unpaired) electrons. The van der Waals surface area contributed by atoms with Gasteiger partial charge in [0.15, 0.2) is 9.84 Å². The Kier molecular flexibility index (Phi) is 2.03. The van der Waals surface area contributed by atoms with Gasteiger partial charge in [0.2, 0.25) is 5.88 Å². The van der Waals surface area contributed by atoms with E-state index in [2.05, 4.69) is 5.16 Å². The van der Waals surface area contributed by atoms with Gasteiger partial charge >= 0.3 is 0 Å². The number of hydrogen-bond donors (Lipinski definition) is 1. The van der Waals surface area contributed by atoms with E-state index < -0.39 is 9.84 Å². The van der Waals surface area contributed by atoms with Crippen molar-refractivity contribution in [3.05, 3.63) is 30.0 Å². The molecule has 0 atom stereocenters. The molecule has 2 heterocycles. The third kappa shape index (κ3) is 1.52. The van der Waals surface area contributed by atoms with E-state index in [0.717, 1.165) is 11.1 Å². The predicted octanol–water partition coefficient (Wildman–Crippen LogP) is 1.25. The van der Waals surface area contributed by atoms with E-state index in [1.807, 2.05) is 6.07 Å². The number of benzene rings is 1. The Hall–Kier alpha value is -1.82. The van der Waals surface area contributed by atoms with Crippen LogP contribution in [0, 0.1) is 0 Å². The fourth-order valence-corrected chi connectivity index (χ4v) is 3.61. The van der Waals surface area contributed by atoms with Crippen LogP contribution in [-0.4, -0.2) is 19.3 Å². The number of rotatable bonds is 1. The maximum Gasteiger partial charge on any atom is 0.229 e. The van der Waals surface area contributed by atoms with Gasteiger partial charge in [-0.2, -0.15) is 0 Å². The topological polar surface area (TPSA) is 86.2 Å². The van der Waals surface area contributed by atoms with Gasteiger partial charge < -0.3 is 10.3 Å². The monoisotopic (exact) mass is 250 g/mol. The Morgan fingerprint density at radius 3 is 2.88 bits per heavy atom.